The first-order chi connectivity index (χ1) is 23.8. The lowest BCUT2D eigenvalue weighted by Crippen LogP contribution is -2.54. The Labute approximate surface area is 282 Å². The van der Waals surface area contributed by atoms with Crippen molar-refractivity contribution in [3.63, 3.8) is 0 Å². The molecular weight excluding hydrogens is 624 g/mol. The van der Waals surface area contributed by atoms with E-state index >= 15 is 0 Å². The second-order valence-electron chi connectivity index (χ2n) is 13.5. The number of nitrogens with one attached hydrogen (secondary N) is 2. The van der Waals surface area contributed by atoms with Crippen LogP contribution in [0.2, 0.25) is 0 Å². The standard InChI is InChI=1S/C36H36N8O5/c45-31-9-8-30(32(46)41-31)44-33(47)25-7-6-23(18-26(25)34(44)48)37-15-3-12-36(13-14-36)35(49)42-16-10-24(11-17-42)43-21-22(19-39-43)29-20-38-27-4-1-2-5-28(27)40-29/h1-2,4-7,18-21,24,30,37H,3,8-17H2,(H,41,45,46). The summed E-state index contributed by atoms with van der Waals surface area (Å²) in [5.74, 6) is -1.84. The number of carbonyl (C=O) groups excluding carboxylic acids is 5. The van der Waals surface area contributed by atoms with Crippen molar-refractivity contribution in [1.29, 1.82) is 0 Å². The van der Waals surface area contributed by atoms with Crippen molar-refractivity contribution in [2.75, 3.05) is 25.0 Å². The topological polar surface area (TPSA) is 159 Å². The minimum atomic E-state index is -0.991. The van der Waals surface area contributed by atoms with Gasteiger partial charge in [0.2, 0.25) is 17.7 Å². The average Bonchev–Trinajstić information content (AvgIpc) is 3.67. The van der Waals surface area contributed by atoms with Crippen molar-refractivity contribution in [2.45, 2.75) is 63.5 Å². The Bertz CT molecular complexity index is 2010. The van der Waals surface area contributed by atoms with Crippen molar-refractivity contribution in [3.05, 3.63) is 72.2 Å². The Balaban J connectivity index is 0.821. The maximum Gasteiger partial charge on any atom is 0.262 e. The first-order valence-corrected chi connectivity index (χ1v) is 16.9. The molecule has 3 aliphatic heterocycles. The third-order valence-electron chi connectivity index (χ3n) is 10.4. The van der Waals surface area contributed by atoms with Gasteiger partial charge in [0.15, 0.2) is 0 Å². The third-order valence-corrected chi connectivity index (χ3v) is 10.4. The number of para-hydroxylation sites is 2. The highest BCUT2D eigenvalue weighted by Crippen LogP contribution is 2.51. The van der Waals surface area contributed by atoms with Crippen molar-refractivity contribution in [3.8, 4) is 11.3 Å². The average molecular weight is 661 g/mol. The van der Waals surface area contributed by atoms with Crippen molar-refractivity contribution in [1.82, 2.24) is 34.9 Å². The number of imide groups is 2. The number of aromatic nitrogens is 4. The van der Waals surface area contributed by atoms with E-state index in [1.807, 2.05) is 46.2 Å². The van der Waals surface area contributed by atoms with E-state index in [0.717, 1.165) is 65.7 Å². The predicted molar refractivity (Wildman–Crippen MR) is 178 cm³/mol. The molecule has 0 bridgehead atoms. The summed E-state index contributed by atoms with van der Waals surface area (Å²) in [6, 6.07) is 12.0. The number of amides is 5. The first-order valence-electron chi connectivity index (χ1n) is 16.9. The fourth-order valence-corrected chi connectivity index (χ4v) is 7.40. The van der Waals surface area contributed by atoms with Gasteiger partial charge in [-0.2, -0.15) is 5.10 Å². The van der Waals surface area contributed by atoms with Gasteiger partial charge in [0.05, 0.1) is 46.3 Å². The predicted octanol–water partition coefficient (Wildman–Crippen LogP) is 3.73. The molecule has 0 radical (unpaired) electrons. The van der Waals surface area contributed by atoms with Crippen LogP contribution in [0, 0.1) is 5.41 Å². The Morgan fingerprint density at radius 2 is 1.71 bits per heavy atom. The summed E-state index contributed by atoms with van der Waals surface area (Å²) in [5.41, 5.74) is 4.31. The molecule has 1 saturated carbocycles. The van der Waals surface area contributed by atoms with Gasteiger partial charge in [-0.15, -0.1) is 0 Å². The number of anilines is 1. The lowest BCUT2D eigenvalue weighted by Gasteiger charge is -2.34. The fraction of sp³-hybridized carbons (Fsp3) is 0.389. The maximum absolute atomic E-state index is 13.6. The zero-order valence-electron chi connectivity index (χ0n) is 26.9. The number of rotatable bonds is 9. The van der Waals surface area contributed by atoms with Crippen LogP contribution in [0.3, 0.4) is 0 Å². The molecule has 2 aromatic carbocycles. The van der Waals surface area contributed by atoms with Crippen LogP contribution < -0.4 is 10.6 Å². The van der Waals surface area contributed by atoms with Gasteiger partial charge in [-0.25, -0.2) is 4.98 Å². The molecule has 4 aliphatic rings. The SMILES string of the molecule is O=C1CCC(N2C(=O)c3ccc(NCCCC4(C(=O)N5CCC(n6cc(-c7cnc8ccccc8n7)cn6)CC5)CC4)cc3C2=O)C(=O)N1. The molecule has 1 atom stereocenters. The summed E-state index contributed by atoms with van der Waals surface area (Å²) in [4.78, 5) is 75.9. The van der Waals surface area contributed by atoms with Gasteiger partial charge in [-0.1, -0.05) is 12.1 Å². The highest BCUT2D eigenvalue weighted by atomic mass is 16.2. The molecule has 13 nitrogen and oxygen atoms in total. The monoisotopic (exact) mass is 660 g/mol. The van der Waals surface area contributed by atoms with E-state index in [-0.39, 0.29) is 41.3 Å². The summed E-state index contributed by atoms with van der Waals surface area (Å²) in [6.07, 6.45) is 10.9. The zero-order chi connectivity index (χ0) is 33.7. The number of likely N-dealkylation sites (tertiary alicyclic amines) is 1. The fourth-order valence-electron chi connectivity index (χ4n) is 7.40. The third kappa shape index (κ3) is 5.72. The van der Waals surface area contributed by atoms with Crippen LogP contribution in [-0.4, -0.2) is 84.8 Å². The molecule has 3 fully saturated rings. The summed E-state index contributed by atoms with van der Waals surface area (Å²) in [5, 5.41) is 10.2. The zero-order valence-corrected chi connectivity index (χ0v) is 26.9. The van der Waals surface area contributed by atoms with Crippen LogP contribution in [0.15, 0.2) is 61.1 Å². The van der Waals surface area contributed by atoms with E-state index in [1.165, 1.54) is 0 Å². The van der Waals surface area contributed by atoms with Crippen LogP contribution in [0.4, 0.5) is 5.69 Å². The van der Waals surface area contributed by atoms with E-state index in [4.69, 9.17) is 4.98 Å². The van der Waals surface area contributed by atoms with Crippen molar-refractivity contribution < 1.29 is 24.0 Å². The van der Waals surface area contributed by atoms with Gasteiger partial charge in [0.25, 0.3) is 11.8 Å². The number of nitrogens with zero attached hydrogens (tertiary/aromatic N) is 6. The molecule has 1 unspecified atom stereocenters. The van der Waals surface area contributed by atoms with Crippen LogP contribution >= 0.6 is 0 Å². The second kappa shape index (κ2) is 12.2. The maximum atomic E-state index is 13.6. The Hall–Kier alpha value is -5.46. The van der Waals surface area contributed by atoms with Crippen molar-refractivity contribution in [2.24, 2.45) is 5.41 Å². The Morgan fingerprint density at radius 3 is 2.49 bits per heavy atom. The van der Waals surface area contributed by atoms with E-state index < -0.39 is 29.7 Å². The number of benzene rings is 2. The van der Waals surface area contributed by atoms with Gasteiger partial charge in [-0.3, -0.25) is 43.9 Å². The summed E-state index contributed by atoms with van der Waals surface area (Å²) < 4.78 is 2.00. The molecule has 8 rings (SSSR count). The summed E-state index contributed by atoms with van der Waals surface area (Å²) in [7, 11) is 0. The summed E-state index contributed by atoms with van der Waals surface area (Å²) in [6.45, 7) is 2.01. The molecule has 1 aliphatic carbocycles. The van der Waals surface area contributed by atoms with Crippen LogP contribution in [0.5, 0.6) is 0 Å². The first kappa shape index (κ1) is 30.8. The molecule has 13 heteroatoms. The number of piperidine rings is 2. The minimum Gasteiger partial charge on any atom is -0.385 e. The minimum absolute atomic E-state index is 0.0780. The smallest absolute Gasteiger partial charge is 0.262 e. The molecule has 5 amide bonds. The Kier molecular flexibility index (Phi) is 7.69. The number of fused-ring (bicyclic) bond motifs is 2. The van der Waals surface area contributed by atoms with Gasteiger partial charge < -0.3 is 10.2 Å². The highest BCUT2D eigenvalue weighted by Gasteiger charge is 2.51. The number of hydrogen-bond donors (Lipinski definition) is 2. The van der Waals surface area contributed by atoms with Gasteiger partial charge in [0, 0.05) is 48.9 Å². The molecule has 2 saturated heterocycles. The molecule has 0 spiro atoms. The highest BCUT2D eigenvalue weighted by molar-refractivity contribution is 6.23. The van der Waals surface area contributed by atoms with Crippen LogP contribution in [0.25, 0.3) is 22.3 Å². The number of carbonyl (C=O) groups is 5. The molecular formula is C36H36N8O5. The van der Waals surface area contributed by atoms with Gasteiger partial charge in [-0.05, 0) is 75.3 Å². The van der Waals surface area contributed by atoms with Crippen molar-refractivity contribution >= 4 is 46.3 Å². The summed E-state index contributed by atoms with van der Waals surface area (Å²) >= 11 is 0. The van der Waals surface area contributed by atoms with E-state index in [1.54, 1.807) is 24.4 Å². The van der Waals surface area contributed by atoms with Gasteiger partial charge >= 0.3 is 0 Å². The largest absolute Gasteiger partial charge is 0.385 e. The second-order valence-corrected chi connectivity index (χ2v) is 13.5. The van der Waals surface area contributed by atoms with Crippen LogP contribution in [-0.2, 0) is 14.4 Å². The molecule has 2 N–H and O–H groups in total. The van der Waals surface area contributed by atoms with Gasteiger partial charge in [0.1, 0.15) is 6.04 Å². The Morgan fingerprint density at radius 1 is 0.939 bits per heavy atom. The molecule has 49 heavy (non-hydrogen) atoms. The molecule has 4 aromatic rings. The molecule has 250 valence electrons. The normalized spacial score (nSPS) is 20.4. The molecule has 2 aromatic heterocycles. The number of hydrogen-bond acceptors (Lipinski definition) is 9. The van der Waals surface area contributed by atoms with E-state index in [2.05, 4.69) is 20.7 Å². The molecule has 5 heterocycles. The lowest BCUT2D eigenvalue weighted by atomic mass is 9.96. The quantitative estimate of drug-likeness (QED) is 0.202. The van der Waals surface area contributed by atoms with Crippen LogP contribution in [0.1, 0.15) is 78.1 Å². The van der Waals surface area contributed by atoms with E-state index in [0.29, 0.717) is 25.3 Å². The lowest BCUT2D eigenvalue weighted by molar-refractivity contribution is -0.139. The van der Waals surface area contributed by atoms with E-state index in [9.17, 15) is 24.0 Å².